The first-order valence-corrected chi connectivity index (χ1v) is 5.69. The molecule has 3 aromatic heterocycles. The molecule has 0 aromatic carbocycles. The molecule has 0 saturated carbocycles. The molecule has 0 spiro atoms. The van der Waals surface area contributed by atoms with Gasteiger partial charge in [-0.25, -0.2) is 9.50 Å². The lowest BCUT2D eigenvalue weighted by Gasteiger charge is -2.04. The molecular weight excluding hydrogens is 230 g/mol. The van der Waals surface area contributed by atoms with Gasteiger partial charge in [0.2, 0.25) is 0 Å². The minimum Gasteiger partial charge on any atom is -0.362 e. The van der Waals surface area contributed by atoms with Crippen molar-refractivity contribution in [3.05, 3.63) is 41.7 Å². The van der Waals surface area contributed by atoms with Crippen LogP contribution in [0.25, 0.3) is 5.52 Å². The summed E-state index contributed by atoms with van der Waals surface area (Å²) in [7, 11) is 0. The number of fused-ring (bicyclic) bond motifs is 1. The third-order valence-electron chi connectivity index (χ3n) is 2.63. The number of aryl methyl sites for hydroxylation is 2. The van der Waals surface area contributed by atoms with Crippen LogP contribution in [0.5, 0.6) is 0 Å². The van der Waals surface area contributed by atoms with E-state index < -0.39 is 0 Å². The average Bonchev–Trinajstić information content (AvgIpc) is 2.91. The van der Waals surface area contributed by atoms with E-state index in [-0.39, 0.29) is 0 Å². The molecule has 3 aromatic rings. The number of hydrogen-bond donors (Lipinski definition) is 1. The number of anilines is 1. The van der Waals surface area contributed by atoms with Crippen molar-refractivity contribution in [3.8, 4) is 0 Å². The van der Waals surface area contributed by atoms with Crippen molar-refractivity contribution in [3.63, 3.8) is 0 Å². The fourth-order valence-corrected chi connectivity index (χ4v) is 1.86. The highest BCUT2D eigenvalue weighted by Gasteiger charge is 2.06. The van der Waals surface area contributed by atoms with E-state index in [0.29, 0.717) is 6.54 Å². The predicted molar refractivity (Wildman–Crippen MR) is 66.3 cm³/mol. The van der Waals surface area contributed by atoms with E-state index in [1.165, 1.54) is 0 Å². The molecule has 0 aliphatic carbocycles. The highest BCUT2D eigenvalue weighted by atomic mass is 16.5. The van der Waals surface area contributed by atoms with Crippen molar-refractivity contribution >= 4 is 11.3 Å². The Kier molecular flexibility index (Phi) is 2.47. The van der Waals surface area contributed by atoms with Gasteiger partial charge in [0.1, 0.15) is 17.0 Å². The van der Waals surface area contributed by atoms with Crippen molar-refractivity contribution in [2.24, 2.45) is 0 Å². The Bertz CT molecular complexity index is 685. The lowest BCUT2D eigenvalue weighted by Crippen LogP contribution is -2.03. The summed E-state index contributed by atoms with van der Waals surface area (Å²) in [6.07, 6.45) is 3.55. The van der Waals surface area contributed by atoms with Gasteiger partial charge in [-0.05, 0) is 19.9 Å². The van der Waals surface area contributed by atoms with Crippen molar-refractivity contribution in [1.29, 1.82) is 0 Å². The molecule has 1 N–H and O–H groups in total. The maximum absolute atomic E-state index is 5.02. The molecule has 3 heterocycles. The van der Waals surface area contributed by atoms with E-state index in [0.717, 1.165) is 28.5 Å². The van der Waals surface area contributed by atoms with Crippen LogP contribution in [0.3, 0.4) is 0 Å². The maximum Gasteiger partial charge on any atom is 0.152 e. The molecule has 18 heavy (non-hydrogen) atoms. The first-order chi connectivity index (χ1) is 8.72. The number of rotatable bonds is 3. The molecule has 0 atom stereocenters. The van der Waals surface area contributed by atoms with Gasteiger partial charge >= 0.3 is 0 Å². The Labute approximate surface area is 104 Å². The smallest absolute Gasteiger partial charge is 0.152 e. The van der Waals surface area contributed by atoms with Gasteiger partial charge < -0.3 is 9.84 Å². The highest BCUT2D eigenvalue weighted by Crippen LogP contribution is 2.15. The molecular formula is C12H13N5O. The monoisotopic (exact) mass is 243 g/mol. The Morgan fingerprint density at radius 3 is 3.00 bits per heavy atom. The van der Waals surface area contributed by atoms with E-state index in [1.54, 1.807) is 10.7 Å². The lowest BCUT2D eigenvalue weighted by molar-refractivity contribution is 0.391. The van der Waals surface area contributed by atoms with Gasteiger partial charge in [-0.2, -0.15) is 5.10 Å². The molecule has 6 nitrogen and oxygen atoms in total. The zero-order chi connectivity index (χ0) is 12.5. The molecule has 6 heteroatoms. The second kappa shape index (κ2) is 4.14. The van der Waals surface area contributed by atoms with Crippen molar-refractivity contribution in [2.75, 3.05) is 5.32 Å². The molecule has 0 fully saturated rings. The summed E-state index contributed by atoms with van der Waals surface area (Å²) >= 11 is 0. The van der Waals surface area contributed by atoms with E-state index in [4.69, 9.17) is 4.52 Å². The molecule has 0 aliphatic rings. The van der Waals surface area contributed by atoms with Crippen LogP contribution in [0, 0.1) is 13.8 Å². The van der Waals surface area contributed by atoms with Gasteiger partial charge in [-0.3, -0.25) is 0 Å². The second-order valence-electron chi connectivity index (χ2n) is 4.17. The van der Waals surface area contributed by atoms with Crippen LogP contribution >= 0.6 is 0 Å². The van der Waals surface area contributed by atoms with Crippen molar-refractivity contribution in [1.82, 2.24) is 19.8 Å². The van der Waals surface area contributed by atoms with Gasteiger partial charge in [-0.1, -0.05) is 5.16 Å². The van der Waals surface area contributed by atoms with Crippen molar-refractivity contribution in [2.45, 2.75) is 20.4 Å². The van der Waals surface area contributed by atoms with Crippen molar-refractivity contribution < 1.29 is 4.52 Å². The topological polar surface area (TPSA) is 68.2 Å². The largest absolute Gasteiger partial charge is 0.362 e. The Morgan fingerprint density at radius 1 is 1.33 bits per heavy atom. The molecule has 0 aliphatic heterocycles. The second-order valence-corrected chi connectivity index (χ2v) is 4.17. The summed E-state index contributed by atoms with van der Waals surface area (Å²) in [4.78, 5) is 4.31. The van der Waals surface area contributed by atoms with Crippen LogP contribution in [0.4, 0.5) is 5.82 Å². The average molecular weight is 243 g/mol. The molecule has 0 amide bonds. The van der Waals surface area contributed by atoms with Crippen LogP contribution in [-0.4, -0.2) is 19.8 Å². The normalized spacial score (nSPS) is 11.0. The number of nitrogens with one attached hydrogen (secondary N) is 1. The Balaban J connectivity index is 1.86. The summed E-state index contributed by atoms with van der Waals surface area (Å²) in [6, 6.07) is 3.89. The number of nitrogens with zero attached hydrogens (tertiary/aromatic N) is 4. The first-order valence-electron chi connectivity index (χ1n) is 5.69. The molecule has 3 rings (SSSR count). The van der Waals surface area contributed by atoms with E-state index in [1.807, 2.05) is 32.2 Å². The van der Waals surface area contributed by atoms with Gasteiger partial charge in [0.25, 0.3) is 0 Å². The lowest BCUT2D eigenvalue weighted by atomic mass is 10.3. The summed E-state index contributed by atoms with van der Waals surface area (Å²) in [5.41, 5.74) is 2.77. The molecule has 0 saturated heterocycles. The highest BCUT2D eigenvalue weighted by molar-refractivity contribution is 5.67. The molecule has 0 unspecified atom stereocenters. The summed E-state index contributed by atoms with van der Waals surface area (Å²) in [6.45, 7) is 4.40. The molecule has 92 valence electrons. The quantitative estimate of drug-likeness (QED) is 0.761. The fourth-order valence-electron chi connectivity index (χ4n) is 1.86. The maximum atomic E-state index is 5.02. The minimum absolute atomic E-state index is 0.578. The van der Waals surface area contributed by atoms with E-state index in [2.05, 4.69) is 20.6 Å². The van der Waals surface area contributed by atoms with E-state index in [9.17, 15) is 0 Å². The van der Waals surface area contributed by atoms with Crippen LogP contribution in [-0.2, 0) is 6.54 Å². The number of aromatic nitrogens is 4. The van der Waals surface area contributed by atoms with Crippen LogP contribution in [0.1, 0.15) is 17.1 Å². The summed E-state index contributed by atoms with van der Waals surface area (Å²) < 4.78 is 6.82. The van der Waals surface area contributed by atoms with Crippen LogP contribution < -0.4 is 5.32 Å². The Hall–Kier alpha value is -2.37. The zero-order valence-electron chi connectivity index (χ0n) is 10.2. The van der Waals surface area contributed by atoms with Gasteiger partial charge in [0.15, 0.2) is 5.82 Å². The van der Waals surface area contributed by atoms with E-state index >= 15 is 0 Å². The Morgan fingerprint density at radius 2 is 2.22 bits per heavy atom. The first kappa shape index (κ1) is 10.8. The zero-order valence-corrected chi connectivity index (χ0v) is 10.2. The fraction of sp³-hybridized carbons (Fsp3) is 0.250. The van der Waals surface area contributed by atoms with Crippen LogP contribution in [0.15, 0.2) is 29.0 Å². The third-order valence-corrected chi connectivity index (χ3v) is 2.63. The minimum atomic E-state index is 0.578. The predicted octanol–water partition coefficient (Wildman–Crippen LogP) is 1.95. The molecule has 0 radical (unpaired) electrons. The van der Waals surface area contributed by atoms with Gasteiger partial charge in [0.05, 0.1) is 12.2 Å². The summed E-state index contributed by atoms with van der Waals surface area (Å²) in [5.74, 6) is 1.59. The summed E-state index contributed by atoms with van der Waals surface area (Å²) in [5, 5.41) is 11.5. The number of hydrogen-bond acceptors (Lipinski definition) is 5. The van der Waals surface area contributed by atoms with Gasteiger partial charge in [0, 0.05) is 18.5 Å². The van der Waals surface area contributed by atoms with Gasteiger partial charge in [-0.15, -0.1) is 0 Å². The standard InChI is InChI=1S/C12H13N5O/c1-8-5-11-12(13-3-4-17(11)15-8)14-7-10-6-9(2)18-16-10/h3-6H,7H2,1-2H3,(H,13,14). The molecule has 0 bridgehead atoms. The van der Waals surface area contributed by atoms with Crippen LogP contribution in [0.2, 0.25) is 0 Å². The SMILES string of the molecule is Cc1cc2c(NCc3cc(C)on3)nccn2n1. The third kappa shape index (κ3) is 1.92.